The lowest BCUT2D eigenvalue weighted by atomic mass is 10.3. The highest BCUT2D eigenvalue weighted by atomic mass is 32.2. The number of hydrogen-bond donors (Lipinski definition) is 1. The van der Waals surface area contributed by atoms with E-state index in [1.54, 1.807) is 18.3 Å². The van der Waals surface area contributed by atoms with Crippen molar-refractivity contribution in [1.82, 2.24) is 15.4 Å². The summed E-state index contributed by atoms with van der Waals surface area (Å²) < 4.78 is 0. The van der Waals surface area contributed by atoms with E-state index in [9.17, 15) is 9.59 Å². The summed E-state index contributed by atoms with van der Waals surface area (Å²) in [6, 6.07) is 5.37. The zero-order valence-corrected chi connectivity index (χ0v) is 11.5. The van der Waals surface area contributed by atoms with Crippen molar-refractivity contribution >= 4 is 23.8 Å². The van der Waals surface area contributed by atoms with E-state index in [4.69, 9.17) is 4.84 Å². The molecule has 1 atom stereocenters. The normalized spacial score (nSPS) is 18.8. The molecular formula is C12H15N3O3S. The highest BCUT2D eigenvalue weighted by Crippen LogP contribution is 2.37. The number of amides is 2. The number of thioether (sulfide) groups is 1. The van der Waals surface area contributed by atoms with E-state index < -0.39 is 6.09 Å². The summed E-state index contributed by atoms with van der Waals surface area (Å²) in [7, 11) is 0. The van der Waals surface area contributed by atoms with Gasteiger partial charge in [-0.3, -0.25) is 9.78 Å². The Balaban J connectivity index is 2.08. The summed E-state index contributed by atoms with van der Waals surface area (Å²) in [6.07, 6.45) is 1.01. The van der Waals surface area contributed by atoms with Crippen LogP contribution in [0.15, 0.2) is 24.4 Å². The van der Waals surface area contributed by atoms with Gasteiger partial charge in [-0.05, 0) is 26.0 Å². The van der Waals surface area contributed by atoms with Crippen molar-refractivity contribution < 1.29 is 14.4 Å². The van der Waals surface area contributed by atoms with E-state index in [0.717, 1.165) is 5.06 Å². The van der Waals surface area contributed by atoms with Crippen LogP contribution in [0.4, 0.5) is 4.79 Å². The van der Waals surface area contributed by atoms with Gasteiger partial charge in [0.05, 0.1) is 11.4 Å². The fourth-order valence-corrected chi connectivity index (χ4v) is 2.62. The number of rotatable bonds is 3. The lowest BCUT2D eigenvalue weighted by Gasteiger charge is -2.22. The molecule has 102 valence electrons. The molecule has 0 bridgehead atoms. The lowest BCUT2D eigenvalue weighted by Crippen LogP contribution is -2.39. The second kappa shape index (κ2) is 5.92. The van der Waals surface area contributed by atoms with Gasteiger partial charge in [-0.2, -0.15) is 0 Å². The molecule has 0 aromatic carbocycles. The average Bonchev–Trinajstić information content (AvgIpc) is 2.71. The van der Waals surface area contributed by atoms with E-state index in [0.29, 0.717) is 5.69 Å². The Morgan fingerprint density at radius 1 is 1.58 bits per heavy atom. The summed E-state index contributed by atoms with van der Waals surface area (Å²) in [4.78, 5) is 32.6. The predicted molar refractivity (Wildman–Crippen MR) is 71.0 cm³/mol. The van der Waals surface area contributed by atoms with Gasteiger partial charge in [0, 0.05) is 12.2 Å². The molecule has 1 aromatic rings. The third kappa shape index (κ3) is 3.37. The van der Waals surface area contributed by atoms with Crippen LogP contribution in [0.3, 0.4) is 0 Å². The van der Waals surface area contributed by atoms with Gasteiger partial charge < -0.3 is 10.2 Å². The Kier molecular flexibility index (Phi) is 4.26. The molecule has 1 aliphatic rings. The molecular weight excluding hydrogens is 266 g/mol. The van der Waals surface area contributed by atoms with Crippen LogP contribution in [-0.4, -0.2) is 33.8 Å². The van der Waals surface area contributed by atoms with E-state index in [-0.39, 0.29) is 23.1 Å². The van der Waals surface area contributed by atoms with E-state index in [1.165, 1.54) is 11.8 Å². The van der Waals surface area contributed by atoms with Gasteiger partial charge in [-0.1, -0.05) is 6.07 Å². The first-order chi connectivity index (χ1) is 9.08. The molecule has 1 aromatic heterocycles. The molecule has 1 saturated heterocycles. The van der Waals surface area contributed by atoms with E-state index in [1.807, 2.05) is 19.9 Å². The summed E-state index contributed by atoms with van der Waals surface area (Å²) >= 11 is 1.38. The van der Waals surface area contributed by atoms with Gasteiger partial charge in [0.1, 0.15) is 0 Å². The second-order valence-electron chi connectivity index (χ2n) is 4.32. The van der Waals surface area contributed by atoms with Crippen LogP contribution in [0.2, 0.25) is 0 Å². The summed E-state index contributed by atoms with van der Waals surface area (Å²) in [6.45, 7) is 3.64. The first-order valence-corrected chi connectivity index (χ1v) is 6.96. The molecule has 6 nitrogen and oxygen atoms in total. The van der Waals surface area contributed by atoms with Gasteiger partial charge in [0.2, 0.25) is 0 Å². The number of pyridine rings is 1. The van der Waals surface area contributed by atoms with Gasteiger partial charge in [-0.25, -0.2) is 4.79 Å². The van der Waals surface area contributed by atoms with Crippen LogP contribution < -0.4 is 5.32 Å². The third-order valence-electron chi connectivity index (χ3n) is 2.35. The number of carbonyl (C=O) groups is 2. The predicted octanol–water partition coefficient (Wildman–Crippen LogP) is 1.71. The smallest absolute Gasteiger partial charge is 0.317 e. The van der Waals surface area contributed by atoms with E-state index in [2.05, 4.69) is 10.3 Å². The molecule has 0 saturated carbocycles. The zero-order valence-electron chi connectivity index (χ0n) is 10.7. The summed E-state index contributed by atoms with van der Waals surface area (Å²) in [5.74, 6) is 0.0375. The molecule has 2 rings (SSSR count). The number of nitrogens with zero attached hydrogens (tertiary/aromatic N) is 2. The molecule has 0 spiro atoms. The first kappa shape index (κ1) is 13.7. The molecule has 0 radical (unpaired) electrons. The molecule has 1 aliphatic heterocycles. The maximum atomic E-state index is 11.8. The molecule has 1 fully saturated rings. The SMILES string of the molecule is CC(C)NC(=O)ON1C(=O)CSC1c1ccccn1. The topological polar surface area (TPSA) is 71.5 Å². The maximum Gasteiger partial charge on any atom is 0.431 e. The minimum Gasteiger partial charge on any atom is -0.317 e. The Bertz CT molecular complexity index is 467. The van der Waals surface area contributed by atoms with Crippen LogP contribution in [0.5, 0.6) is 0 Å². The number of hydrogen-bond acceptors (Lipinski definition) is 5. The fraction of sp³-hybridized carbons (Fsp3) is 0.417. The van der Waals surface area contributed by atoms with Crippen molar-refractivity contribution in [2.24, 2.45) is 0 Å². The fourth-order valence-electron chi connectivity index (χ4n) is 1.59. The Labute approximate surface area is 115 Å². The standard InChI is InChI=1S/C12H15N3O3S/c1-8(2)14-12(17)18-15-10(16)7-19-11(15)9-5-3-4-6-13-9/h3-6,8,11H,7H2,1-2H3,(H,14,17). The zero-order chi connectivity index (χ0) is 13.8. The van der Waals surface area contributed by atoms with Gasteiger partial charge in [-0.15, -0.1) is 16.8 Å². The third-order valence-corrected chi connectivity index (χ3v) is 3.51. The Morgan fingerprint density at radius 3 is 3.00 bits per heavy atom. The molecule has 19 heavy (non-hydrogen) atoms. The number of carbonyl (C=O) groups excluding carboxylic acids is 2. The molecule has 1 N–H and O–H groups in total. The van der Waals surface area contributed by atoms with Crippen LogP contribution >= 0.6 is 11.8 Å². The highest BCUT2D eigenvalue weighted by molar-refractivity contribution is 8.00. The number of aromatic nitrogens is 1. The van der Waals surface area contributed by atoms with Crippen LogP contribution in [0.25, 0.3) is 0 Å². The summed E-state index contributed by atoms with van der Waals surface area (Å²) in [5, 5.41) is 3.28. The molecule has 7 heteroatoms. The van der Waals surface area contributed by atoms with Crippen LogP contribution in [0, 0.1) is 0 Å². The highest BCUT2D eigenvalue weighted by Gasteiger charge is 2.37. The maximum absolute atomic E-state index is 11.8. The molecule has 1 unspecified atom stereocenters. The second-order valence-corrected chi connectivity index (χ2v) is 5.38. The van der Waals surface area contributed by atoms with Crippen molar-refractivity contribution in [3.8, 4) is 0 Å². The van der Waals surface area contributed by atoms with Crippen LogP contribution in [0.1, 0.15) is 24.9 Å². The minimum atomic E-state index is -0.633. The molecule has 2 amide bonds. The first-order valence-electron chi connectivity index (χ1n) is 5.91. The van der Waals surface area contributed by atoms with Gasteiger partial charge >= 0.3 is 6.09 Å². The van der Waals surface area contributed by atoms with Gasteiger partial charge in [0.25, 0.3) is 5.91 Å². The molecule has 0 aliphatic carbocycles. The number of nitrogens with one attached hydrogen (secondary N) is 1. The Hall–Kier alpha value is -1.76. The quantitative estimate of drug-likeness (QED) is 0.913. The largest absolute Gasteiger partial charge is 0.431 e. The van der Waals surface area contributed by atoms with Crippen molar-refractivity contribution in [3.05, 3.63) is 30.1 Å². The van der Waals surface area contributed by atoms with E-state index >= 15 is 0 Å². The number of hydroxylamine groups is 2. The van der Waals surface area contributed by atoms with Gasteiger partial charge in [0.15, 0.2) is 5.37 Å². The Morgan fingerprint density at radius 2 is 2.37 bits per heavy atom. The average molecular weight is 281 g/mol. The molecule has 2 heterocycles. The van der Waals surface area contributed by atoms with Crippen molar-refractivity contribution in [2.75, 3.05) is 5.75 Å². The van der Waals surface area contributed by atoms with Crippen molar-refractivity contribution in [2.45, 2.75) is 25.3 Å². The monoisotopic (exact) mass is 281 g/mol. The summed E-state index contributed by atoms with van der Waals surface area (Å²) in [5.41, 5.74) is 0.690. The van der Waals surface area contributed by atoms with Crippen LogP contribution in [-0.2, 0) is 9.63 Å². The minimum absolute atomic E-state index is 0.0499. The lowest BCUT2D eigenvalue weighted by molar-refractivity contribution is -0.163. The van der Waals surface area contributed by atoms with Crippen molar-refractivity contribution in [1.29, 1.82) is 0 Å². The van der Waals surface area contributed by atoms with Crippen molar-refractivity contribution in [3.63, 3.8) is 0 Å².